The van der Waals surface area contributed by atoms with Crippen molar-refractivity contribution in [1.29, 1.82) is 0 Å². The monoisotopic (exact) mass is 325 g/mol. The second-order valence-corrected chi connectivity index (χ2v) is 6.21. The van der Waals surface area contributed by atoms with Crippen LogP contribution in [0.1, 0.15) is 33.3 Å². The van der Waals surface area contributed by atoms with Crippen LogP contribution in [0.3, 0.4) is 0 Å². The molecular weight excluding hydrogens is 310 g/mol. The first-order valence-corrected chi connectivity index (χ1v) is 6.78. The lowest BCUT2D eigenvalue weighted by atomic mass is 9.83. The van der Waals surface area contributed by atoms with Gasteiger partial charge in [0.2, 0.25) is 0 Å². The van der Waals surface area contributed by atoms with E-state index in [0.717, 1.165) is 13.0 Å². The molecule has 0 saturated heterocycles. The van der Waals surface area contributed by atoms with Gasteiger partial charge in [-0.15, -0.1) is 0 Å². The first-order chi connectivity index (χ1) is 9.96. The highest BCUT2D eigenvalue weighted by atomic mass is 35.5. The van der Waals surface area contributed by atoms with Gasteiger partial charge in [-0.2, -0.15) is 0 Å². The Balaban J connectivity index is 3.67. The van der Waals surface area contributed by atoms with E-state index < -0.39 is 38.9 Å². The lowest BCUT2D eigenvalue weighted by Gasteiger charge is -2.18. The number of aliphatic hydroxyl groups is 1. The Kier molecular flexibility index (Phi) is 5.09. The Labute approximate surface area is 132 Å². The number of allylic oxidation sites excluding steroid dienone is 1. The van der Waals surface area contributed by atoms with E-state index in [1.807, 2.05) is 0 Å². The van der Waals surface area contributed by atoms with Gasteiger partial charge < -0.3 is 5.11 Å². The molecule has 0 aliphatic carbocycles. The third kappa shape index (κ3) is 3.71. The normalized spacial score (nSPS) is 12.6. The van der Waals surface area contributed by atoms with E-state index in [2.05, 4.69) is 0 Å². The molecule has 0 amide bonds. The molecule has 0 heterocycles. The van der Waals surface area contributed by atoms with Gasteiger partial charge in [-0.1, -0.05) is 32.4 Å². The van der Waals surface area contributed by atoms with Crippen LogP contribution in [-0.2, 0) is 9.59 Å². The van der Waals surface area contributed by atoms with Crippen LogP contribution in [0.5, 0.6) is 0 Å². The average molecular weight is 326 g/mol. The van der Waals surface area contributed by atoms with Crippen molar-refractivity contribution in [2.24, 2.45) is 5.41 Å². The first-order valence-electron chi connectivity index (χ1n) is 6.40. The van der Waals surface area contributed by atoms with Crippen molar-refractivity contribution in [2.75, 3.05) is 0 Å². The Morgan fingerprint density at radius 3 is 2.23 bits per heavy atom. The molecule has 0 unspecified atom stereocenters. The number of halogens is 1. The Morgan fingerprint density at radius 2 is 1.82 bits per heavy atom. The molecule has 1 aromatic rings. The van der Waals surface area contributed by atoms with Gasteiger partial charge >= 0.3 is 0 Å². The number of aliphatic hydroxyl groups excluding tert-OH is 1. The second-order valence-electron chi connectivity index (χ2n) is 5.78. The summed E-state index contributed by atoms with van der Waals surface area (Å²) in [5.74, 6) is -1.97. The summed E-state index contributed by atoms with van der Waals surface area (Å²) in [5.41, 5.74) is -2.09. The SMILES string of the molecule is CC(=O)/C(C(=O)C(C)(C)C)=C(/O)c1ccc(Cl)cc1[N+](=O)[O-]. The first kappa shape index (κ1) is 17.8. The van der Waals surface area contributed by atoms with Crippen LogP contribution in [0.4, 0.5) is 5.69 Å². The fourth-order valence-electron chi connectivity index (χ4n) is 1.80. The fraction of sp³-hybridized carbons (Fsp3) is 0.333. The average Bonchev–Trinajstić information content (AvgIpc) is 2.36. The second kappa shape index (κ2) is 6.27. The third-order valence-corrected chi connectivity index (χ3v) is 3.14. The predicted molar refractivity (Wildman–Crippen MR) is 82.8 cm³/mol. The minimum Gasteiger partial charge on any atom is -0.506 e. The van der Waals surface area contributed by atoms with Gasteiger partial charge in [0, 0.05) is 16.5 Å². The van der Waals surface area contributed by atoms with Gasteiger partial charge in [0.25, 0.3) is 5.69 Å². The number of benzene rings is 1. The van der Waals surface area contributed by atoms with Gasteiger partial charge in [-0.3, -0.25) is 19.7 Å². The zero-order valence-electron chi connectivity index (χ0n) is 12.6. The zero-order chi connectivity index (χ0) is 17.2. The fourth-order valence-corrected chi connectivity index (χ4v) is 1.97. The highest BCUT2D eigenvalue weighted by molar-refractivity contribution is 6.31. The molecule has 0 atom stereocenters. The molecule has 0 aliphatic heterocycles. The largest absolute Gasteiger partial charge is 0.506 e. The van der Waals surface area contributed by atoms with Crippen molar-refractivity contribution >= 4 is 34.6 Å². The van der Waals surface area contributed by atoms with Crippen LogP contribution in [0, 0.1) is 15.5 Å². The maximum Gasteiger partial charge on any atom is 0.281 e. The maximum absolute atomic E-state index is 12.3. The lowest BCUT2D eigenvalue weighted by molar-refractivity contribution is -0.385. The van der Waals surface area contributed by atoms with Crippen LogP contribution in [-0.4, -0.2) is 21.6 Å². The summed E-state index contributed by atoms with van der Waals surface area (Å²) >= 11 is 5.71. The summed E-state index contributed by atoms with van der Waals surface area (Å²) in [6, 6.07) is 3.58. The van der Waals surface area contributed by atoms with E-state index in [1.165, 1.54) is 12.1 Å². The number of nitro benzene ring substituents is 1. The Hall–Kier alpha value is -2.21. The number of carbonyl (C=O) groups is 2. The zero-order valence-corrected chi connectivity index (χ0v) is 13.4. The number of ketones is 2. The van der Waals surface area contributed by atoms with Crippen LogP contribution in [0.2, 0.25) is 5.02 Å². The summed E-state index contributed by atoms with van der Waals surface area (Å²) in [5, 5.41) is 21.5. The molecule has 0 spiro atoms. The van der Waals surface area contributed by atoms with Crippen molar-refractivity contribution < 1.29 is 19.6 Å². The van der Waals surface area contributed by atoms with Gasteiger partial charge in [-0.05, 0) is 19.1 Å². The van der Waals surface area contributed by atoms with Gasteiger partial charge in [0.05, 0.1) is 10.5 Å². The van der Waals surface area contributed by atoms with Crippen molar-refractivity contribution in [3.63, 3.8) is 0 Å². The molecule has 1 N–H and O–H groups in total. The van der Waals surface area contributed by atoms with E-state index in [-0.39, 0.29) is 10.6 Å². The van der Waals surface area contributed by atoms with Crippen molar-refractivity contribution in [2.45, 2.75) is 27.7 Å². The van der Waals surface area contributed by atoms with Crippen molar-refractivity contribution in [3.8, 4) is 0 Å². The summed E-state index contributed by atoms with van der Waals surface area (Å²) < 4.78 is 0. The number of Topliss-reactive ketones (excluding diaryl/α,β-unsaturated/α-hetero) is 2. The minimum atomic E-state index is -0.920. The Morgan fingerprint density at radius 1 is 1.27 bits per heavy atom. The minimum absolute atomic E-state index is 0.106. The molecule has 0 bridgehead atoms. The molecule has 0 fully saturated rings. The highest BCUT2D eigenvalue weighted by Crippen LogP contribution is 2.32. The molecule has 0 radical (unpaired) electrons. The van der Waals surface area contributed by atoms with Crippen molar-refractivity contribution in [1.82, 2.24) is 0 Å². The summed E-state index contributed by atoms with van der Waals surface area (Å²) in [4.78, 5) is 34.4. The van der Waals surface area contributed by atoms with Gasteiger partial charge in [-0.25, -0.2) is 0 Å². The molecule has 6 nitrogen and oxygen atoms in total. The Bertz CT molecular complexity index is 686. The number of hydrogen-bond donors (Lipinski definition) is 1. The standard InChI is InChI=1S/C15H16ClNO5/c1-8(18)12(14(20)15(2,3)4)13(19)10-6-5-9(16)7-11(10)17(21)22/h5-7,19H,1-4H3/b13-12-. The molecule has 22 heavy (non-hydrogen) atoms. The predicted octanol–water partition coefficient (Wildman–Crippen LogP) is 3.72. The maximum atomic E-state index is 12.3. The smallest absolute Gasteiger partial charge is 0.281 e. The van der Waals surface area contributed by atoms with Crippen LogP contribution in [0.15, 0.2) is 23.8 Å². The summed E-state index contributed by atoms with van der Waals surface area (Å²) in [7, 11) is 0. The van der Waals surface area contributed by atoms with E-state index in [4.69, 9.17) is 11.6 Å². The molecule has 0 saturated carbocycles. The molecular formula is C15H16ClNO5. The molecule has 118 valence electrons. The van der Waals surface area contributed by atoms with E-state index in [1.54, 1.807) is 20.8 Å². The molecule has 1 rings (SSSR count). The number of hydrogen-bond acceptors (Lipinski definition) is 5. The number of carbonyl (C=O) groups excluding carboxylic acids is 2. The summed E-state index contributed by atoms with van der Waals surface area (Å²) in [6.07, 6.45) is 0. The van der Waals surface area contributed by atoms with E-state index in [0.29, 0.717) is 0 Å². The van der Waals surface area contributed by atoms with E-state index >= 15 is 0 Å². The quantitative estimate of drug-likeness (QED) is 0.227. The number of nitro groups is 1. The highest BCUT2D eigenvalue weighted by Gasteiger charge is 2.32. The molecule has 0 aromatic heterocycles. The number of nitrogens with zero attached hydrogens (tertiary/aromatic N) is 1. The molecule has 0 aliphatic rings. The van der Waals surface area contributed by atoms with E-state index in [9.17, 15) is 24.8 Å². The topological polar surface area (TPSA) is 97.5 Å². The summed E-state index contributed by atoms with van der Waals surface area (Å²) in [6.45, 7) is 5.88. The van der Waals surface area contributed by atoms with Gasteiger partial charge in [0.1, 0.15) is 11.3 Å². The lowest BCUT2D eigenvalue weighted by Crippen LogP contribution is -2.26. The van der Waals surface area contributed by atoms with Gasteiger partial charge in [0.15, 0.2) is 11.6 Å². The molecule has 7 heteroatoms. The number of rotatable bonds is 4. The molecule has 1 aromatic carbocycles. The van der Waals surface area contributed by atoms with Crippen LogP contribution in [0.25, 0.3) is 5.76 Å². The van der Waals surface area contributed by atoms with Crippen LogP contribution >= 0.6 is 11.6 Å². The van der Waals surface area contributed by atoms with Crippen LogP contribution < -0.4 is 0 Å². The van der Waals surface area contributed by atoms with Crippen molar-refractivity contribution in [3.05, 3.63) is 44.5 Å². The third-order valence-electron chi connectivity index (χ3n) is 2.91.